The Morgan fingerprint density at radius 2 is 2.20 bits per heavy atom. The molecule has 1 aromatic carbocycles. The predicted molar refractivity (Wildman–Crippen MR) is 63.1 cm³/mol. The van der Waals surface area contributed by atoms with E-state index in [9.17, 15) is 4.21 Å². The first kappa shape index (κ1) is 10.3. The van der Waals surface area contributed by atoms with Gasteiger partial charge in [-0.25, -0.2) is 4.98 Å². The molecule has 0 spiro atoms. The molecule has 0 radical (unpaired) electrons. The van der Waals surface area contributed by atoms with Gasteiger partial charge in [-0.1, -0.05) is 12.1 Å². The zero-order valence-electron chi connectivity index (χ0n) is 7.92. The second-order valence-electron chi connectivity index (χ2n) is 2.95. The molecule has 0 saturated carbocycles. The molecule has 1 heterocycles. The Bertz CT molecular complexity index is 468. The summed E-state index contributed by atoms with van der Waals surface area (Å²) in [5.41, 5.74) is 6.32. The lowest BCUT2D eigenvalue weighted by Gasteiger charge is -2.03. The van der Waals surface area contributed by atoms with Crippen LogP contribution in [-0.2, 0) is 16.6 Å². The first-order valence-electron chi connectivity index (χ1n) is 4.38. The summed E-state index contributed by atoms with van der Waals surface area (Å²) in [6.45, 7) is 0. The van der Waals surface area contributed by atoms with Crippen molar-refractivity contribution in [1.82, 2.24) is 4.98 Å². The number of nitrogen functional groups attached to an aromatic ring is 1. The Morgan fingerprint density at radius 3 is 2.87 bits per heavy atom. The van der Waals surface area contributed by atoms with Crippen molar-refractivity contribution in [3.05, 3.63) is 40.8 Å². The van der Waals surface area contributed by atoms with Crippen molar-refractivity contribution in [3.8, 4) is 0 Å². The average molecular weight is 238 g/mol. The van der Waals surface area contributed by atoms with Crippen LogP contribution in [0.3, 0.4) is 0 Å². The molecular formula is C10H10N2OS2. The van der Waals surface area contributed by atoms with Crippen molar-refractivity contribution in [2.45, 2.75) is 10.6 Å². The molecule has 78 valence electrons. The SMILES string of the molecule is Nc1ccccc1S(=O)Cc1nccs1. The van der Waals surface area contributed by atoms with Gasteiger partial charge < -0.3 is 5.73 Å². The molecule has 0 amide bonds. The van der Waals surface area contributed by atoms with Gasteiger partial charge in [0.15, 0.2) is 0 Å². The quantitative estimate of drug-likeness (QED) is 0.832. The number of rotatable bonds is 3. The summed E-state index contributed by atoms with van der Waals surface area (Å²) in [4.78, 5) is 4.78. The van der Waals surface area contributed by atoms with Crippen LogP contribution in [0.15, 0.2) is 40.7 Å². The third-order valence-corrected chi connectivity index (χ3v) is 4.26. The Kier molecular flexibility index (Phi) is 3.13. The Labute approximate surface area is 94.4 Å². The molecule has 2 N–H and O–H groups in total. The largest absolute Gasteiger partial charge is 0.398 e. The minimum Gasteiger partial charge on any atom is -0.398 e. The standard InChI is InChI=1S/C10H10N2OS2/c11-8-3-1-2-4-9(8)15(13)7-10-12-5-6-14-10/h1-6H,7,11H2. The van der Waals surface area contributed by atoms with Crippen LogP contribution in [0.4, 0.5) is 5.69 Å². The lowest BCUT2D eigenvalue weighted by atomic mass is 10.3. The highest BCUT2D eigenvalue weighted by Crippen LogP contribution is 2.19. The van der Waals surface area contributed by atoms with Gasteiger partial charge in [-0.3, -0.25) is 4.21 Å². The van der Waals surface area contributed by atoms with Crippen molar-refractivity contribution >= 4 is 27.8 Å². The lowest BCUT2D eigenvalue weighted by molar-refractivity contribution is 0.683. The van der Waals surface area contributed by atoms with Crippen LogP contribution >= 0.6 is 11.3 Å². The van der Waals surface area contributed by atoms with E-state index in [1.165, 1.54) is 11.3 Å². The number of benzene rings is 1. The zero-order chi connectivity index (χ0) is 10.7. The van der Waals surface area contributed by atoms with Crippen LogP contribution in [0.2, 0.25) is 0 Å². The number of para-hydroxylation sites is 1. The number of nitrogens with two attached hydrogens (primary N) is 1. The molecule has 0 aliphatic heterocycles. The Morgan fingerprint density at radius 1 is 1.40 bits per heavy atom. The lowest BCUT2D eigenvalue weighted by Crippen LogP contribution is -2.00. The van der Waals surface area contributed by atoms with Gasteiger partial charge in [0.1, 0.15) is 5.01 Å². The number of nitrogens with zero attached hydrogens (tertiary/aromatic N) is 1. The predicted octanol–water partition coefficient (Wildman–Crippen LogP) is 2.03. The Hall–Kier alpha value is -1.20. The minimum absolute atomic E-state index is 0.436. The number of hydrogen-bond acceptors (Lipinski definition) is 4. The summed E-state index contributed by atoms with van der Waals surface area (Å²) in [6, 6.07) is 7.22. The number of thiazole rings is 1. The monoisotopic (exact) mass is 238 g/mol. The summed E-state index contributed by atoms with van der Waals surface area (Å²) in [7, 11) is -1.10. The molecule has 15 heavy (non-hydrogen) atoms. The van der Waals surface area contributed by atoms with E-state index >= 15 is 0 Å². The molecule has 2 rings (SSSR count). The van der Waals surface area contributed by atoms with Crippen LogP contribution in [0, 0.1) is 0 Å². The second-order valence-corrected chi connectivity index (χ2v) is 5.35. The smallest absolute Gasteiger partial charge is 0.105 e. The number of aromatic nitrogens is 1. The molecule has 1 unspecified atom stereocenters. The highest BCUT2D eigenvalue weighted by atomic mass is 32.2. The Balaban J connectivity index is 2.19. The normalized spacial score (nSPS) is 12.5. The highest BCUT2D eigenvalue weighted by molar-refractivity contribution is 7.84. The van der Waals surface area contributed by atoms with E-state index in [-0.39, 0.29) is 0 Å². The topological polar surface area (TPSA) is 56.0 Å². The molecule has 3 nitrogen and oxygen atoms in total. The maximum Gasteiger partial charge on any atom is 0.105 e. The molecule has 0 aliphatic rings. The third-order valence-electron chi connectivity index (χ3n) is 1.90. The zero-order valence-corrected chi connectivity index (χ0v) is 9.55. The van der Waals surface area contributed by atoms with E-state index in [0.29, 0.717) is 16.3 Å². The molecule has 2 aromatic rings. The van der Waals surface area contributed by atoms with Crippen LogP contribution in [0.1, 0.15) is 5.01 Å². The van der Waals surface area contributed by atoms with Crippen molar-refractivity contribution in [2.75, 3.05) is 5.73 Å². The van der Waals surface area contributed by atoms with E-state index < -0.39 is 10.8 Å². The summed E-state index contributed by atoms with van der Waals surface area (Å²) < 4.78 is 11.9. The van der Waals surface area contributed by atoms with E-state index in [0.717, 1.165) is 5.01 Å². The molecule has 0 saturated heterocycles. The van der Waals surface area contributed by atoms with Crippen LogP contribution in [0.25, 0.3) is 0 Å². The fourth-order valence-corrected chi connectivity index (χ4v) is 3.21. The van der Waals surface area contributed by atoms with Crippen molar-refractivity contribution < 1.29 is 4.21 Å². The van der Waals surface area contributed by atoms with Crippen molar-refractivity contribution in [1.29, 1.82) is 0 Å². The van der Waals surface area contributed by atoms with Crippen LogP contribution in [0.5, 0.6) is 0 Å². The molecular weight excluding hydrogens is 228 g/mol. The van der Waals surface area contributed by atoms with Gasteiger partial charge in [-0.05, 0) is 12.1 Å². The van der Waals surface area contributed by atoms with Gasteiger partial charge in [0.25, 0.3) is 0 Å². The fourth-order valence-electron chi connectivity index (χ4n) is 1.20. The highest BCUT2D eigenvalue weighted by Gasteiger charge is 2.09. The minimum atomic E-state index is -1.10. The number of anilines is 1. The van der Waals surface area contributed by atoms with E-state index in [2.05, 4.69) is 4.98 Å². The summed E-state index contributed by atoms with van der Waals surface area (Å²) in [6.07, 6.45) is 1.71. The van der Waals surface area contributed by atoms with Crippen molar-refractivity contribution in [2.24, 2.45) is 0 Å². The summed E-state index contributed by atoms with van der Waals surface area (Å²) in [5.74, 6) is 0.436. The average Bonchev–Trinajstić information content (AvgIpc) is 2.71. The maximum absolute atomic E-state index is 11.9. The molecule has 1 aromatic heterocycles. The van der Waals surface area contributed by atoms with Crippen LogP contribution in [-0.4, -0.2) is 9.19 Å². The number of hydrogen-bond donors (Lipinski definition) is 1. The van der Waals surface area contributed by atoms with Gasteiger partial charge in [0, 0.05) is 17.3 Å². The second kappa shape index (κ2) is 4.55. The van der Waals surface area contributed by atoms with E-state index in [1.807, 2.05) is 17.5 Å². The van der Waals surface area contributed by atoms with Crippen LogP contribution < -0.4 is 5.73 Å². The van der Waals surface area contributed by atoms with Gasteiger partial charge in [-0.15, -0.1) is 11.3 Å². The van der Waals surface area contributed by atoms with Crippen molar-refractivity contribution in [3.63, 3.8) is 0 Å². The molecule has 0 aliphatic carbocycles. The van der Waals surface area contributed by atoms with Gasteiger partial charge >= 0.3 is 0 Å². The molecule has 5 heteroatoms. The van der Waals surface area contributed by atoms with Gasteiger partial charge in [-0.2, -0.15) is 0 Å². The first-order chi connectivity index (χ1) is 7.27. The third kappa shape index (κ3) is 2.43. The first-order valence-corrected chi connectivity index (χ1v) is 6.58. The van der Waals surface area contributed by atoms with E-state index in [1.54, 1.807) is 18.3 Å². The van der Waals surface area contributed by atoms with Gasteiger partial charge in [0.05, 0.1) is 21.4 Å². The van der Waals surface area contributed by atoms with Gasteiger partial charge in [0.2, 0.25) is 0 Å². The van der Waals surface area contributed by atoms with E-state index in [4.69, 9.17) is 5.73 Å². The fraction of sp³-hybridized carbons (Fsp3) is 0.100. The summed E-state index contributed by atoms with van der Waals surface area (Å²) >= 11 is 1.51. The maximum atomic E-state index is 11.9. The molecule has 1 atom stereocenters. The molecule has 0 fully saturated rings. The summed E-state index contributed by atoms with van der Waals surface area (Å²) in [5, 5.41) is 2.75. The molecule has 0 bridgehead atoms.